The molecular weight excluding hydrogens is 332 g/mol. The Morgan fingerprint density at radius 3 is 2.96 bits per heavy atom. The number of amides is 2. The van der Waals surface area contributed by atoms with Gasteiger partial charge in [0.05, 0.1) is 30.1 Å². The van der Waals surface area contributed by atoms with Crippen molar-refractivity contribution in [1.82, 2.24) is 15.3 Å². The Morgan fingerprint density at radius 1 is 1.38 bits per heavy atom. The van der Waals surface area contributed by atoms with E-state index in [1.165, 1.54) is 7.11 Å². The number of ether oxygens (including phenoxy) is 1. The number of anilines is 1. The minimum absolute atomic E-state index is 0.130. The van der Waals surface area contributed by atoms with Gasteiger partial charge in [-0.3, -0.25) is 14.6 Å². The van der Waals surface area contributed by atoms with Crippen LogP contribution in [0.5, 0.6) is 5.75 Å². The van der Waals surface area contributed by atoms with Crippen molar-refractivity contribution in [3.63, 3.8) is 0 Å². The number of carbonyl (C=O) groups is 2. The van der Waals surface area contributed by atoms with Gasteiger partial charge in [0.25, 0.3) is 11.8 Å². The van der Waals surface area contributed by atoms with E-state index in [1.54, 1.807) is 36.7 Å². The van der Waals surface area contributed by atoms with Crippen LogP contribution in [0.3, 0.4) is 0 Å². The summed E-state index contributed by atoms with van der Waals surface area (Å²) in [5.74, 6) is 0.166. The molecular formula is C19H18N4O3. The zero-order chi connectivity index (χ0) is 18.3. The van der Waals surface area contributed by atoms with Crippen LogP contribution in [-0.2, 0) is 0 Å². The number of hydrogen-bond acceptors (Lipinski definition) is 4. The van der Waals surface area contributed by atoms with Crippen LogP contribution in [0, 0.1) is 0 Å². The van der Waals surface area contributed by atoms with Gasteiger partial charge in [-0.25, -0.2) is 0 Å². The van der Waals surface area contributed by atoms with E-state index in [4.69, 9.17) is 4.74 Å². The van der Waals surface area contributed by atoms with E-state index in [-0.39, 0.29) is 17.7 Å². The van der Waals surface area contributed by atoms with Gasteiger partial charge >= 0.3 is 0 Å². The largest absolute Gasteiger partial charge is 0.496 e. The smallest absolute Gasteiger partial charge is 0.268 e. The average molecular weight is 350 g/mol. The van der Waals surface area contributed by atoms with Crippen LogP contribution < -0.4 is 15.4 Å². The second-order valence-electron chi connectivity index (χ2n) is 6.32. The van der Waals surface area contributed by atoms with Crippen molar-refractivity contribution < 1.29 is 14.3 Å². The number of nitrogens with zero attached hydrogens (tertiary/aromatic N) is 1. The highest BCUT2D eigenvalue weighted by Gasteiger charge is 2.28. The van der Waals surface area contributed by atoms with Gasteiger partial charge in [0.2, 0.25) is 0 Å². The maximum atomic E-state index is 12.8. The molecule has 3 N–H and O–H groups in total. The van der Waals surface area contributed by atoms with Gasteiger partial charge in [-0.2, -0.15) is 0 Å². The summed E-state index contributed by atoms with van der Waals surface area (Å²) in [6.45, 7) is 2.62. The standard InChI is InChI=1S/C19H18N4O3/c1-10-8-21-19(25)17-16(10)12-6-13(15(26-2)7-14(12)23-17)18(24)22-11-4-3-5-20-9-11/h3-7,9-10,23H,8H2,1-2H3,(H,21,25)(H,22,24). The molecule has 132 valence electrons. The van der Waals surface area contributed by atoms with Crippen LogP contribution >= 0.6 is 0 Å². The molecule has 0 aliphatic carbocycles. The number of benzene rings is 1. The van der Waals surface area contributed by atoms with Crippen LogP contribution in [0.1, 0.15) is 39.3 Å². The van der Waals surface area contributed by atoms with Gasteiger partial charge in [-0.05, 0) is 23.8 Å². The zero-order valence-electron chi connectivity index (χ0n) is 14.4. The Bertz CT molecular complexity index is 1010. The molecule has 1 aliphatic rings. The molecule has 1 atom stereocenters. The van der Waals surface area contributed by atoms with Crippen LogP contribution in [0.15, 0.2) is 36.7 Å². The lowest BCUT2D eigenvalue weighted by molar-refractivity contribution is 0.0936. The number of aromatic amines is 1. The molecule has 26 heavy (non-hydrogen) atoms. The van der Waals surface area contributed by atoms with Crippen LogP contribution in [0.2, 0.25) is 0 Å². The Balaban J connectivity index is 1.83. The zero-order valence-corrected chi connectivity index (χ0v) is 14.4. The molecule has 0 fully saturated rings. The Labute approximate surface area is 149 Å². The molecule has 7 heteroatoms. The number of fused-ring (bicyclic) bond motifs is 3. The third-order valence-corrected chi connectivity index (χ3v) is 4.61. The number of aromatic nitrogens is 2. The molecule has 0 saturated carbocycles. The SMILES string of the molecule is COc1cc2[nH]c3c(c2cc1C(=O)Nc1cccnc1)C(C)CNC3=O. The first-order valence-corrected chi connectivity index (χ1v) is 8.31. The number of methoxy groups -OCH3 is 1. The van der Waals surface area contributed by atoms with E-state index < -0.39 is 0 Å². The topological polar surface area (TPSA) is 96.1 Å². The summed E-state index contributed by atoms with van der Waals surface area (Å²) in [6, 6.07) is 7.05. The summed E-state index contributed by atoms with van der Waals surface area (Å²) in [4.78, 5) is 32.1. The third-order valence-electron chi connectivity index (χ3n) is 4.61. The van der Waals surface area contributed by atoms with Crippen molar-refractivity contribution in [2.24, 2.45) is 0 Å². The first-order chi connectivity index (χ1) is 12.6. The molecule has 1 unspecified atom stereocenters. The average Bonchev–Trinajstić information content (AvgIpc) is 3.04. The number of rotatable bonds is 3. The first-order valence-electron chi connectivity index (χ1n) is 8.31. The van der Waals surface area contributed by atoms with Gasteiger partial charge in [0.1, 0.15) is 11.4 Å². The lowest BCUT2D eigenvalue weighted by Gasteiger charge is -2.19. The van der Waals surface area contributed by atoms with E-state index in [0.717, 1.165) is 16.5 Å². The van der Waals surface area contributed by atoms with Gasteiger partial charge < -0.3 is 20.4 Å². The number of H-pyrrole nitrogens is 1. The highest BCUT2D eigenvalue weighted by atomic mass is 16.5. The third kappa shape index (κ3) is 2.57. The molecule has 1 aliphatic heterocycles. The normalized spacial score (nSPS) is 16.1. The summed E-state index contributed by atoms with van der Waals surface area (Å²) in [6.07, 6.45) is 3.22. The van der Waals surface area contributed by atoms with Crippen molar-refractivity contribution >= 4 is 28.4 Å². The number of hydrogen-bond donors (Lipinski definition) is 3. The van der Waals surface area contributed by atoms with Gasteiger partial charge in [-0.15, -0.1) is 0 Å². The van der Waals surface area contributed by atoms with Gasteiger partial charge in [-0.1, -0.05) is 6.92 Å². The summed E-state index contributed by atoms with van der Waals surface area (Å²) < 4.78 is 5.40. The Kier molecular flexibility index (Phi) is 3.84. The molecule has 4 rings (SSSR count). The van der Waals surface area contributed by atoms with Crippen molar-refractivity contribution in [2.75, 3.05) is 19.0 Å². The summed E-state index contributed by atoms with van der Waals surface area (Å²) in [7, 11) is 1.51. The molecule has 2 aromatic heterocycles. The monoisotopic (exact) mass is 350 g/mol. The summed E-state index contributed by atoms with van der Waals surface area (Å²) in [5.41, 5.74) is 3.26. The number of pyridine rings is 1. The Hall–Kier alpha value is -3.35. The fraction of sp³-hybridized carbons (Fsp3) is 0.211. The first kappa shape index (κ1) is 16.1. The molecule has 0 saturated heterocycles. The maximum Gasteiger partial charge on any atom is 0.268 e. The van der Waals surface area contributed by atoms with E-state index in [1.807, 2.05) is 6.92 Å². The molecule has 3 heterocycles. The second-order valence-corrected chi connectivity index (χ2v) is 6.32. The van der Waals surface area contributed by atoms with E-state index in [2.05, 4.69) is 20.6 Å². The summed E-state index contributed by atoms with van der Waals surface area (Å²) >= 11 is 0. The van der Waals surface area contributed by atoms with E-state index in [0.29, 0.717) is 29.2 Å². The van der Waals surface area contributed by atoms with Crippen molar-refractivity contribution in [3.05, 3.63) is 53.5 Å². The molecule has 3 aromatic rings. The minimum atomic E-state index is -0.292. The van der Waals surface area contributed by atoms with E-state index >= 15 is 0 Å². The molecule has 7 nitrogen and oxygen atoms in total. The number of nitrogens with one attached hydrogen (secondary N) is 3. The van der Waals surface area contributed by atoms with Crippen molar-refractivity contribution in [3.8, 4) is 5.75 Å². The molecule has 0 spiro atoms. The molecule has 1 aromatic carbocycles. The summed E-state index contributed by atoms with van der Waals surface area (Å²) in [5, 5.41) is 6.54. The van der Waals surface area contributed by atoms with E-state index in [9.17, 15) is 9.59 Å². The minimum Gasteiger partial charge on any atom is -0.496 e. The highest BCUT2D eigenvalue weighted by Crippen LogP contribution is 2.35. The Morgan fingerprint density at radius 2 is 2.23 bits per heavy atom. The maximum absolute atomic E-state index is 12.8. The predicted molar refractivity (Wildman–Crippen MR) is 97.8 cm³/mol. The molecule has 2 amide bonds. The quantitative estimate of drug-likeness (QED) is 0.677. The van der Waals surface area contributed by atoms with Crippen LogP contribution in [0.4, 0.5) is 5.69 Å². The lowest BCUT2D eigenvalue weighted by Crippen LogP contribution is -2.33. The fourth-order valence-corrected chi connectivity index (χ4v) is 3.35. The van der Waals surface area contributed by atoms with Crippen molar-refractivity contribution in [2.45, 2.75) is 12.8 Å². The van der Waals surface area contributed by atoms with Crippen LogP contribution in [-0.4, -0.2) is 35.4 Å². The van der Waals surface area contributed by atoms with Gasteiger partial charge in [0, 0.05) is 30.1 Å². The number of carbonyl (C=O) groups excluding carboxylic acids is 2. The fourth-order valence-electron chi connectivity index (χ4n) is 3.35. The highest BCUT2D eigenvalue weighted by molar-refractivity contribution is 6.10. The second kappa shape index (κ2) is 6.18. The van der Waals surface area contributed by atoms with Gasteiger partial charge in [0.15, 0.2) is 0 Å². The lowest BCUT2D eigenvalue weighted by atomic mass is 9.93. The molecule has 0 radical (unpaired) electrons. The van der Waals surface area contributed by atoms with Crippen LogP contribution in [0.25, 0.3) is 10.9 Å². The molecule has 0 bridgehead atoms. The van der Waals surface area contributed by atoms with Crippen molar-refractivity contribution in [1.29, 1.82) is 0 Å². The predicted octanol–water partition coefficient (Wildman–Crippen LogP) is 2.67.